The van der Waals surface area contributed by atoms with Crippen molar-refractivity contribution >= 4 is 17.2 Å². The Balaban J connectivity index is 1.47. The van der Waals surface area contributed by atoms with Crippen molar-refractivity contribution < 1.29 is 0 Å². The number of allylic oxidation sites excluding steroid dienone is 2. The van der Waals surface area contributed by atoms with Crippen LogP contribution in [-0.2, 0) is 6.42 Å². The van der Waals surface area contributed by atoms with Gasteiger partial charge in [-0.25, -0.2) is 4.98 Å². The van der Waals surface area contributed by atoms with Crippen LogP contribution in [0.2, 0.25) is 0 Å². The third kappa shape index (κ3) is 3.57. The first-order valence-corrected chi connectivity index (χ1v) is 11.9. The Morgan fingerprint density at radius 1 is 1.10 bits per heavy atom. The minimum Gasteiger partial charge on any atom is -0.356 e. The molecule has 1 saturated carbocycles. The first kappa shape index (κ1) is 19.8. The maximum absolute atomic E-state index is 5.20. The molecule has 1 aliphatic carbocycles. The van der Waals surface area contributed by atoms with Crippen molar-refractivity contribution in [3.63, 3.8) is 0 Å². The molecule has 2 aromatic rings. The molecule has 3 unspecified atom stereocenters. The van der Waals surface area contributed by atoms with Crippen LogP contribution in [0, 0.1) is 11.8 Å². The monoisotopic (exact) mass is 405 g/mol. The molecule has 5 rings (SSSR count). The summed E-state index contributed by atoms with van der Waals surface area (Å²) in [5, 5.41) is 0. The van der Waals surface area contributed by atoms with E-state index in [1.54, 1.807) is 0 Å². The molecule has 2 aliphatic heterocycles. The predicted molar refractivity (Wildman–Crippen MR) is 124 cm³/mol. The van der Waals surface area contributed by atoms with Gasteiger partial charge in [0.15, 0.2) is 5.65 Å². The van der Waals surface area contributed by atoms with Crippen molar-refractivity contribution in [1.82, 2.24) is 14.4 Å². The van der Waals surface area contributed by atoms with E-state index in [9.17, 15) is 0 Å². The van der Waals surface area contributed by atoms with Crippen molar-refractivity contribution in [3.05, 3.63) is 35.4 Å². The summed E-state index contributed by atoms with van der Waals surface area (Å²) in [6.45, 7) is 11.4. The molecule has 1 saturated heterocycles. The van der Waals surface area contributed by atoms with Gasteiger partial charge in [-0.15, -0.1) is 0 Å². The van der Waals surface area contributed by atoms with Gasteiger partial charge in [-0.2, -0.15) is 0 Å². The molecule has 0 N–H and O–H groups in total. The molecule has 3 atom stereocenters. The molecule has 0 amide bonds. The van der Waals surface area contributed by atoms with E-state index in [0.29, 0.717) is 23.8 Å². The zero-order chi connectivity index (χ0) is 20.8. The van der Waals surface area contributed by atoms with E-state index in [4.69, 9.17) is 15.0 Å². The summed E-state index contributed by atoms with van der Waals surface area (Å²) in [5.74, 6) is 3.05. The van der Waals surface area contributed by atoms with Crippen molar-refractivity contribution in [2.24, 2.45) is 16.8 Å². The van der Waals surface area contributed by atoms with E-state index in [2.05, 4.69) is 49.3 Å². The van der Waals surface area contributed by atoms with Crippen molar-refractivity contribution in [2.75, 3.05) is 18.0 Å². The van der Waals surface area contributed by atoms with Gasteiger partial charge < -0.3 is 4.90 Å². The van der Waals surface area contributed by atoms with Crippen molar-refractivity contribution in [3.8, 4) is 0 Å². The maximum Gasteiger partial charge on any atom is 0.160 e. The van der Waals surface area contributed by atoms with E-state index in [1.165, 1.54) is 54.2 Å². The summed E-state index contributed by atoms with van der Waals surface area (Å²) in [4.78, 5) is 17.6. The minimum atomic E-state index is 0.353. The average Bonchev–Trinajstić information content (AvgIpc) is 3.32. The van der Waals surface area contributed by atoms with E-state index in [-0.39, 0.29) is 0 Å². The fourth-order valence-electron chi connectivity index (χ4n) is 5.34. The third-order valence-electron chi connectivity index (χ3n) is 7.58. The first-order chi connectivity index (χ1) is 14.5. The molecule has 160 valence electrons. The van der Waals surface area contributed by atoms with Crippen LogP contribution in [0.4, 0.5) is 5.82 Å². The molecule has 5 nitrogen and oxygen atoms in total. The fraction of sp³-hybridized carbons (Fsp3) is 0.640. The number of rotatable bonds is 5. The SMILES string of the molecule is CC1=CC(C)=NC(CCc2nc3c(C4CC4)nccn3c2N2CCCC2)C(C)C1C. The Kier molecular flexibility index (Phi) is 5.16. The lowest BCUT2D eigenvalue weighted by molar-refractivity contribution is 0.352. The highest BCUT2D eigenvalue weighted by molar-refractivity contribution is 5.93. The van der Waals surface area contributed by atoms with Crippen LogP contribution in [0.1, 0.15) is 77.1 Å². The van der Waals surface area contributed by atoms with E-state index >= 15 is 0 Å². The second-order valence-electron chi connectivity index (χ2n) is 9.77. The molecule has 0 spiro atoms. The molecule has 30 heavy (non-hydrogen) atoms. The number of imidazole rings is 1. The molecule has 3 aliphatic rings. The van der Waals surface area contributed by atoms with Gasteiger partial charge in [0.25, 0.3) is 0 Å². The molecule has 0 aromatic carbocycles. The summed E-state index contributed by atoms with van der Waals surface area (Å²) in [6.07, 6.45) is 13.5. The number of fused-ring (bicyclic) bond motifs is 1. The molecule has 0 radical (unpaired) electrons. The second-order valence-corrected chi connectivity index (χ2v) is 9.77. The zero-order valence-electron chi connectivity index (χ0n) is 18.9. The van der Waals surface area contributed by atoms with Gasteiger partial charge in [-0.3, -0.25) is 14.4 Å². The number of hydrogen-bond donors (Lipinski definition) is 0. The Bertz CT molecular complexity index is 990. The Hall–Kier alpha value is -2.17. The highest BCUT2D eigenvalue weighted by atomic mass is 15.3. The molecule has 0 bridgehead atoms. The van der Waals surface area contributed by atoms with Gasteiger partial charge in [-0.05, 0) is 70.3 Å². The number of nitrogens with zero attached hydrogens (tertiary/aromatic N) is 5. The molecule has 2 aromatic heterocycles. The van der Waals surface area contributed by atoms with Gasteiger partial charge in [0.2, 0.25) is 0 Å². The smallest absolute Gasteiger partial charge is 0.160 e. The normalized spacial score (nSPS) is 27.3. The van der Waals surface area contributed by atoms with Gasteiger partial charge in [0.05, 0.1) is 17.4 Å². The third-order valence-corrected chi connectivity index (χ3v) is 7.58. The van der Waals surface area contributed by atoms with Crippen LogP contribution in [0.5, 0.6) is 0 Å². The molecular formula is C25H35N5. The summed E-state index contributed by atoms with van der Waals surface area (Å²) >= 11 is 0. The number of hydrogen-bond acceptors (Lipinski definition) is 4. The standard InChI is InChI=1S/C25H35N5/c1-16-15-17(2)27-21(19(4)18(16)3)9-10-22-25(29-12-5-6-13-29)30-14-11-26-23(20-7-8-20)24(30)28-22/h11,14-15,18-21H,5-10,12-13H2,1-4H3. The molecular weight excluding hydrogens is 370 g/mol. The Morgan fingerprint density at radius 3 is 2.60 bits per heavy atom. The molecule has 5 heteroatoms. The van der Waals surface area contributed by atoms with Crippen molar-refractivity contribution in [2.45, 2.75) is 78.2 Å². The topological polar surface area (TPSA) is 45.8 Å². The lowest BCUT2D eigenvalue weighted by Gasteiger charge is -2.25. The summed E-state index contributed by atoms with van der Waals surface area (Å²) < 4.78 is 2.33. The average molecular weight is 406 g/mol. The van der Waals surface area contributed by atoms with Gasteiger partial charge >= 0.3 is 0 Å². The fourth-order valence-corrected chi connectivity index (χ4v) is 5.34. The number of aromatic nitrogens is 3. The van der Waals surface area contributed by atoms with Gasteiger partial charge in [0.1, 0.15) is 5.82 Å². The van der Waals surface area contributed by atoms with Crippen molar-refractivity contribution in [1.29, 1.82) is 0 Å². The van der Waals surface area contributed by atoms with E-state index in [0.717, 1.165) is 31.6 Å². The van der Waals surface area contributed by atoms with Gasteiger partial charge in [0, 0.05) is 37.1 Å². The van der Waals surface area contributed by atoms with Crippen LogP contribution >= 0.6 is 0 Å². The van der Waals surface area contributed by atoms with Crippen LogP contribution in [-0.4, -0.2) is 39.2 Å². The number of aliphatic imine (C=N–C) groups is 1. The predicted octanol–water partition coefficient (Wildman–Crippen LogP) is 5.20. The summed E-state index contributed by atoms with van der Waals surface area (Å²) in [6, 6.07) is 0.353. The Morgan fingerprint density at radius 2 is 1.87 bits per heavy atom. The van der Waals surface area contributed by atoms with E-state index in [1.807, 2.05) is 6.20 Å². The quantitative estimate of drug-likeness (QED) is 0.687. The highest BCUT2D eigenvalue weighted by Crippen LogP contribution is 2.42. The molecule has 4 heterocycles. The number of aryl methyl sites for hydroxylation is 1. The van der Waals surface area contributed by atoms with Crippen LogP contribution in [0.3, 0.4) is 0 Å². The largest absolute Gasteiger partial charge is 0.356 e. The van der Waals surface area contributed by atoms with E-state index < -0.39 is 0 Å². The summed E-state index contributed by atoms with van der Waals surface area (Å²) in [5.41, 5.74) is 6.17. The van der Waals surface area contributed by atoms with Gasteiger partial charge in [-0.1, -0.05) is 19.4 Å². The van der Waals surface area contributed by atoms with Crippen LogP contribution < -0.4 is 4.90 Å². The number of anilines is 1. The lowest BCUT2D eigenvalue weighted by Crippen LogP contribution is -2.24. The van der Waals surface area contributed by atoms with Crippen LogP contribution in [0.15, 0.2) is 29.0 Å². The Labute approximate surface area is 180 Å². The lowest BCUT2D eigenvalue weighted by atomic mass is 9.83. The molecule has 2 fully saturated rings. The second kappa shape index (κ2) is 7.82. The minimum absolute atomic E-state index is 0.353. The first-order valence-electron chi connectivity index (χ1n) is 11.9. The van der Waals surface area contributed by atoms with Crippen LogP contribution in [0.25, 0.3) is 5.65 Å². The summed E-state index contributed by atoms with van der Waals surface area (Å²) in [7, 11) is 0. The zero-order valence-corrected chi connectivity index (χ0v) is 18.9. The highest BCUT2D eigenvalue weighted by Gasteiger charge is 2.31. The maximum atomic E-state index is 5.20.